The largest absolute Gasteiger partial charge is 0.438 e. The summed E-state index contributed by atoms with van der Waals surface area (Å²) in [4.78, 5) is 31.1. The summed E-state index contributed by atoms with van der Waals surface area (Å²) in [7, 11) is 0. The Kier molecular flexibility index (Phi) is 4.21. The van der Waals surface area contributed by atoms with Crippen molar-refractivity contribution >= 4 is 22.7 Å². The molecule has 1 unspecified atom stereocenters. The molecule has 1 atom stereocenters. The van der Waals surface area contributed by atoms with Gasteiger partial charge in [0.2, 0.25) is 5.91 Å². The molecule has 4 rings (SSSR count). The third-order valence-corrected chi connectivity index (χ3v) is 5.27. The van der Waals surface area contributed by atoms with Crippen LogP contribution >= 0.6 is 0 Å². The number of likely N-dealkylation sites (tertiary alicyclic amines) is 1. The number of Topliss-reactive ketones (excluding diaryl/α,β-unsaturated/α-hetero) is 1. The van der Waals surface area contributed by atoms with E-state index in [1.165, 1.54) is 6.07 Å². The molecule has 0 bridgehead atoms. The van der Waals surface area contributed by atoms with Crippen LogP contribution in [0.1, 0.15) is 25.1 Å². The Morgan fingerprint density at radius 1 is 1.22 bits per heavy atom. The van der Waals surface area contributed by atoms with Gasteiger partial charge in [-0.1, -0.05) is 12.1 Å². The van der Waals surface area contributed by atoms with Gasteiger partial charge >= 0.3 is 6.18 Å². The zero-order chi connectivity index (χ0) is 19.2. The van der Waals surface area contributed by atoms with Crippen molar-refractivity contribution in [1.82, 2.24) is 19.8 Å². The molecule has 2 aliphatic heterocycles. The van der Waals surface area contributed by atoms with Crippen LogP contribution in [0.5, 0.6) is 0 Å². The van der Waals surface area contributed by atoms with E-state index in [0.29, 0.717) is 12.1 Å². The second-order valence-corrected chi connectivity index (χ2v) is 7.01. The molecule has 1 aromatic heterocycles. The van der Waals surface area contributed by atoms with Crippen LogP contribution in [0.2, 0.25) is 0 Å². The highest BCUT2D eigenvalue weighted by Gasteiger charge is 2.66. The average molecular weight is 380 g/mol. The monoisotopic (exact) mass is 380 g/mol. The maximum Gasteiger partial charge on any atom is 0.438 e. The first kappa shape index (κ1) is 18.0. The zero-order valence-corrected chi connectivity index (χ0v) is 14.6. The number of ketones is 1. The first-order chi connectivity index (χ1) is 12.8. The minimum atomic E-state index is -4.98. The van der Waals surface area contributed by atoms with Crippen molar-refractivity contribution in [2.75, 3.05) is 19.6 Å². The van der Waals surface area contributed by atoms with Gasteiger partial charge in [-0.05, 0) is 38.1 Å². The first-order valence-electron chi connectivity index (χ1n) is 8.93. The fraction of sp³-hybridized carbons (Fsp3) is 0.500. The molecule has 27 heavy (non-hydrogen) atoms. The fourth-order valence-electron chi connectivity index (χ4n) is 3.98. The van der Waals surface area contributed by atoms with Crippen molar-refractivity contribution in [2.45, 2.75) is 37.5 Å². The minimum Gasteiger partial charge on any atom is -0.319 e. The SMILES string of the molecule is O=C(CCN1CCCC1)NC1(C(F)(F)F)C(=O)Cc2nc3ccccc3n21. The molecule has 6 nitrogen and oxygen atoms in total. The second kappa shape index (κ2) is 6.33. The van der Waals surface area contributed by atoms with Crippen molar-refractivity contribution in [3.8, 4) is 0 Å². The molecule has 1 N–H and O–H groups in total. The number of fused-ring (bicyclic) bond motifs is 3. The van der Waals surface area contributed by atoms with Crippen LogP contribution in [0.15, 0.2) is 24.3 Å². The van der Waals surface area contributed by atoms with Crippen LogP contribution < -0.4 is 5.32 Å². The van der Waals surface area contributed by atoms with E-state index in [-0.39, 0.29) is 17.8 Å². The van der Waals surface area contributed by atoms with Crippen molar-refractivity contribution in [1.29, 1.82) is 0 Å². The predicted molar refractivity (Wildman–Crippen MR) is 90.9 cm³/mol. The Hall–Kier alpha value is -2.42. The number of amides is 1. The Balaban J connectivity index is 1.69. The standard InChI is InChI=1S/C18H19F3N4O2/c19-18(20,21)17(23-16(27)7-10-24-8-3-4-9-24)14(26)11-15-22-12-5-1-2-6-13(12)25(15)17/h1-2,5-6H,3-4,7-11H2,(H,23,27). The molecule has 1 amide bonds. The third-order valence-electron chi connectivity index (χ3n) is 5.27. The number of rotatable bonds is 4. The maximum absolute atomic E-state index is 14.2. The number of hydrogen-bond acceptors (Lipinski definition) is 4. The zero-order valence-electron chi connectivity index (χ0n) is 14.6. The molecule has 9 heteroatoms. The number of imidazole rings is 1. The summed E-state index contributed by atoms with van der Waals surface area (Å²) in [5, 5.41) is 2.02. The summed E-state index contributed by atoms with van der Waals surface area (Å²) in [6, 6.07) is 6.30. The van der Waals surface area contributed by atoms with Gasteiger partial charge in [-0.15, -0.1) is 0 Å². The molecule has 2 aliphatic rings. The van der Waals surface area contributed by atoms with E-state index >= 15 is 0 Å². The molecule has 1 fully saturated rings. The van der Waals surface area contributed by atoms with E-state index in [4.69, 9.17) is 0 Å². The lowest BCUT2D eigenvalue weighted by atomic mass is 10.0. The molecule has 0 radical (unpaired) electrons. The number of para-hydroxylation sites is 2. The number of carbonyl (C=O) groups is 2. The molecule has 0 saturated carbocycles. The normalized spacial score (nSPS) is 23.1. The first-order valence-corrected chi connectivity index (χ1v) is 8.93. The highest BCUT2D eigenvalue weighted by atomic mass is 19.4. The van der Waals surface area contributed by atoms with Crippen molar-refractivity contribution in [3.05, 3.63) is 30.1 Å². The van der Waals surface area contributed by atoms with E-state index in [1.807, 2.05) is 10.2 Å². The van der Waals surface area contributed by atoms with Crippen molar-refractivity contribution in [2.24, 2.45) is 0 Å². The van der Waals surface area contributed by atoms with Crippen LogP contribution in [-0.4, -0.2) is 52.0 Å². The molecule has 1 saturated heterocycles. The fourth-order valence-corrected chi connectivity index (χ4v) is 3.98. The highest BCUT2D eigenvalue weighted by Crippen LogP contribution is 2.43. The van der Waals surface area contributed by atoms with E-state index in [2.05, 4.69) is 4.98 Å². The summed E-state index contributed by atoms with van der Waals surface area (Å²) in [5.74, 6) is -1.89. The summed E-state index contributed by atoms with van der Waals surface area (Å²) >= 11 is 0. The topological polar surface area (TPSA) is 67.2 Å². The van der Waals surface area contributed by atoms with E-state index < -0.39 is 30.0 Å². The number of halogens is 3. The van der Waals surface area contributed by atoms with Gasteiger partial charge in [-0.3, -0.25) is 14.2 Å². The van der Waals surface area contributed by atoms with Gasteiger partial charge in [0.15, 0.2) is 5.78 Å². The van der Waals surface area contributed by atoms with Crippen molar-refractivity contribution in [3.63, 3.8) is 0 Å². The summed E-state index contributed by atoms with van der Waals surface area (Å²) in [5.41, 5.74) is -2.56. The molecule has 0 spiro atoms. The van der Waals surface area contributed by atoms with Crippen LogP contribution in [0.4, 0.5) is 13.2 Å². The summed E-state index contributed by atoms with van der Waals surface area (Å²) < 4.78 is 43.3. The van der Waals surface area contributed by atoms with Gasteiger partial charge in [0, 0.05) is 13.0 Å². The molecular formula is C18H19F3N4O2. The smallest absolute Gasteiger partial charge is 0.319 e. The van der Waals surface area contributed by atoms with Gasteiger partial charge < -0.3 is 10.2 Å². The van der Waals surface area contributed by atoms with Gasteiger partial charge in [-0.2, -0.15) is 13.2 Å². The van der Waals surface area contributed by atoms with Gasteiger partial charge in [0.25, 0.3) is 5.66 Å². The van der Waals surface area contributed by atoms with Crippen LogP contribution in [0.25, 0.3) is 11.0 Å². The van der Waals surface area contributed by atoms with E-state index in [0.717, 1.165) is 30.5 Å². The number of benzene rings is 1. The van der Waals surface area contributed by atoms with Gasteiger partial charge in [0.1, 0.15) is 5.82 Å². The summed E-state index contributed by atoms with van der Waals surface area (Å²) in [6.07, 6.45) is -3.50. The Morgan fingerprint density at radius 2 is 1.93 bits per heavy atom. The second-order valence-electron chi connectivity index (χ2n) is 7.01. The van der Waals surface area contributed by atoms with Gasteiger partial charge in [0.05, 0.1) is 17.5 Å². The Labute approximate surface area is 153 Å². The Morgan fingerprint density at radius 3 is 2.63 bits per heavy atom. The van der Waals surface area contributed by atoms with E-state index in [1.54, 1.807) is 18.2 Å². The van der Waals surface area contributed by atoms with Crippen LogP contribution in [-0.2, 0) is 21.7 Å². The minimum absolute atomic E-state index is 0.0124. The number of alkyl halides is 3. The highest BCUT2D eigenvalue weighted by molar-refractivity contribution is 5.97. The van der Waals surface area contributed by atoms with Crippen LogP contribution in [0.3, 0.4) is 0 Å². The molecule has 3 heterocycles. The lowest BCUT2D eigenvalue weighted by Crippen LogP contribution is -2.63. The number of carbonyl (C=O) groups excluding carboxylic acids is 2. The lowest BCUT2D eigenvalue weighted by molar-refractivity contribution is -0.218. The molecule has 2 aromatic rings. The van der Waals surface area contributed by atoms with Gasteiger partial charge in [-0.25, -0.2) is 4.98 Å². The number of nitrogens with one attached hydrogen (secondary N) is 1. The van der Waals surface area contributed by atoms with Crippen molar-refractivity contribution < 1.29 is 22.8 Å². The maximum atomic E-state index is 14.2. The number of aromatic nitrogens is 2. The number of nitrogens with zero attached hydrogens (tertiary/aromatic N) is 3. The summed E-state index contributed by atoms with van der Waals surface area (Å²) in [6.45, 7) is 2.06. The molecule has 0 aliphatic carbocycles. The predicted octanol–water partition coefficient (Wildman–Crippen LogP) is 1.98. The average Bonchev–Trinajstić information content (AvgIpc) is 3.29. The third kappa shape index (κ3) is 2.80. The Bertz CT molecular complexity index is 902. The number of hydrogen-bond donors (Lipinski definition) is 1. The quantitative estimate of drug-likeness (QED) is 0.881. The lowest BCUT2D eigenvalue weighted by Gasteiger charge is -2.33. The van der Waals surface area contributed by atoms with E-state index in [9.17, 15) is 22.8 Å². The van der Waals surface area contributed by atoms with Crippen LogP contribution in [0, 0.1) is 0 Å². The molecule has 144 valence electrons. The molecule has 1 aromatic carbocycles. The molecular weight excluding hydrogens is 361 g/mol.